The van der Waals surface area contributed by atoms with Crippen LogP contribution in [0.1, 0.15) is 31.9 Å². The Hall–Kier alpha value is -0.150. The standard InChI is InChI=1S/C12H16NO5S.Na/c1-12(2)17-10-6-4-3-5-9(10)11(18-12)7-8-16-19(13,14)15;/h3-6,11H,7-8H2,1-2H3,(H-,13,14,15);/q-1;+1. The van der Waals surface area contributed by atoms with E-state index in [1.807, 2.05) is 24.3 Å². The molecule has 106 valence electrons. The summed E-state index contributed by atoms with van der Waals surface area (Å²) in [6, 6.07) is 7.43. The molecule has 0 bridgehead atoms. The zero-order chi connectivity index (χ0) is 14.1. The Labute approximate surface area is 141 Å². The molecule has 0 aromatic heterocycles. The molecule has 0 saturated heterocycles. The minimum atomic E-state index is -4.17. The number of benzene rings is 1. The van der Waals surface area contributed by atoms with Crippen LogP contribution in [0.3, 0.4) is 0 Å². The van der Waals surface area contributed by atoms with E-state index >= 15 is 0 Å². The van der Waals surface area contributed by atoms with Crippen LogP contribution < -0.4 is 34.3 Å². The van der Waals surface area contributed by atoms with Crippen molar-refractivity contribution in [2.24, 2.45) is 0 Å². The van der Waals surface area contributed by atoms with E-state index in [-0.39, 0.29) is 42.3 Å². The first-order valence-corrected chi connectivity index (χ1v) is 7.27. The molecule has 1 unspecified atom stereocenters. The van der Waals surface area contributed by atoms with Crippen molar-refractivity contribution in [3.8, 4) is 5.75 Å². The molecule has 1 aromatic carbocycles. The van der Waals surface area contributed by atoms with E-state index in [1.165, 1.54) is 0 Å². The van der Waals surface area contributed by atoms with Gasteiger partial charge in [0.1, 0.15) is 5.75 Å². The minimum Gasteiger partial charge on any atom is -0.540 e. The summed E-state index contributed by atoms with van der Waals surface area (Å²) in [6.45, 7) is 3.48. The smallest absolute Gasteiger partial charge is 0.540 e. The van der Waals surface area contributed by atoms with Gasteiger partial charge in [-0.25, -0.2) is 8.42 Å². The van der Waals surface area contributed by atoms with Crippen LogP contribution in [-0.4, -0.2) is 20.8 Å². The molecule has 0 fully saturated rings. The fourth-order valence-electron chi connectivity index (χ4n) is 2.01. The zero-order valence-corrected chi connectivity index (χ0v) is 14.6. The van der Waals surface area contributed by atoms with Crippen LogP contribution in [0.4, 0.5) is 0 Å². The van der Waals surface area contributed by atoms with Crippen molar-refractivity contribution < 1.29 is 51.6 Å². The molecule has 1 N–H and O–H groups in total. The Balaban J connectivity index is 0.00000200. The second kappa shape index (κ2) is 6.74. The Morgan fingerprint density at radius 3 is 2.65 bits per heavy atom. The van der Waals surface area contributed by atoms with Crippen molar-refractivity contribution in [3.05, 3.63) is 35.0 Å². The summed E-state index contributed by atoms with van der Waals surface area (Å²) in [6.07, 6.45) is 0.0174. The van der Waals surface area contributed by atoms with Gasteiger partial charge in [-0.2, -0.15) is 0 Å². The minimum absolute atomic E-state index is 0. The molecule has 1 aromatic rings. The summed E-state index contributed by atoms with van der Waals surface area (Å²) in [5, 5.41) is 6.66. The van der Waals surface area contributed by atoms with Crippen LogP contribution in [0.15, 0.2) is 24.3 Å². The van der Waals surface area contributed by atoms with E-state index in [4.69, 9.17) is 14.6 Å². The molecule has 1 heterocycles. The Kier molecular flexibility index (Phi) is 6.03. The van der Waals surface area contributed by atoms with E-state index in [2.05, 4.69) is 4.18 Å². The third kappa shape index (κ3) is 5.00. The van der Waals surface area contributed by atoms with Gasteiger partial charge in [0.25, 0.3) is 0 Å². The maximum atomic E-state index is 10.6. The van der Waals surface area contributed by atoms with Gasteiger partial charge in [0.2, 0.25) is 5.79 Å². The average molecular weight is 309 g/mol. The van der Waals surface area contributed by atoms with Gasteiger partial charge in [0, 0.05) is 25.8 Å². The summed E-state index contributed by atoms with van der Waals surface area (Å²) in [4.78, 5) is 0. The van der Waals surface area contributed by atoms with Crippen LogP contribution in [0.2, 0.25) is 0 Å². The van der Waals surface area contributed by atoms with Crippen LogP contribution in [0, 0.1) is 0 Å². The molecule has 20 heavy (non-hydrogen) atoms. The molecule has 0 radical (unpaired) electrons. The van der Waals surface area contributed by atoms with Gasteiger partial charge in [0.15, 0.2) is 10.3 Å². The first-order valence-electron chi connectivity index (χ1n) is 5.87. The molecule has 1 aliphatic heterocycles. The third-order valence-corrected chi connectivity index (χ3v) is 3.14. The molecule has 1 aliphatic rings. The molecule has 0 spiro atoms. The summed E-state index contributed by atoms with van der Waals surface area (Å²) in [7, 11) is -4.17. The Morgan fingerprint density at radius 1 is 1.35 bits per heavy atom. The van der Waals surface area contributed by atoms with Crippen molar-refractivity contribution in [2.45, 2.75) is 32.2 Å². The van der Waals surface area contributed by atoms with E-state index in [0.29, 0.717) is 6.42 Å². The van der Waals surface area contributed by atoms with Crippen LogP contribution >= 0.6 is 0 Å². The van der Waals surface area contributed by atoms with E-state index in [1.54, 1.807) is 13.8 Å². The van der Waals surface area contributed by atoms with Crippen LogP contribution in [0.5, 0.6) is 5.75 Å². The van der Waals surface area contributed by atoms with Gasteiger partial charge in [-0.1, -0.05) is 18.2 Å². The fraction of sp³-hybridized carbons (Fsp3) is 0.500. The average Bonchev–Trinajstić information content (AvgIpc) is 2.25. The van der Waals surface area contributed by atoms with Crippen LogP contribution in [0.25, 0.3) is 5.14 Å². The Morgan fingerprint density at radius 2 is 2.00 bits per heavy atom. The number of ether oxygens (including phenoxy) is 2. The molecule has 2 rings (SSSR count). The number of hydrogen-bond donors (Lipinski definition) is 0. The molecule has 0 saturated carbocycles. The van der Waals surface area contributed by atoms with Crippen molar-refractivity contribution >= 4 is 10.3 Å². The van der Waals surface area contributed by atoms with E-state index < -0.39 is 16.1 Å². The molecular formula is C12H16NNaO5S. The SMILES string of the molecule is CC1(C)Oc2ccccc2C(CCOS([NH-])(=O)=O)O1.[Na+]. The van der Waals surface area contributed by atoms with Gasteiger partial charge in [0.05, 0.1) is 12.7 Å². The molecule has 8 heteroatoms. The summed E-state index contributed by atoms with van der Waals surface area (Å²) in [5.41, 5.74) is 0.854. The Bertz CT molecular complexity index is 561. The van der Waals surface area contributed by atoms with Crippen LogP contribution in [-0.2, 0) is 19.2 Å². The van der Waals surface area contributed by atoms with Crippen molar-refractivity contribution in [3.63, 3.8) is 0 Å². The summed E-state index contributed by atoms with van der Waals surface area (Å²) < 4.78 is 37.1. The van der Waals surface area contributed by atoms with Crippen molar-refractivity contribution in [2.75, 3.05) is 6.61 Å². The molecular weight excluding hydrogens is 293 g/mol. The predicted octanol–water partition coefficient (Wildman–Crippen LogP) is -0.419. The summed E-state index contributed by atoms with van der Waals surface area (Å²) >= 11 is 0. The third-order valence-electron chi connectivity index (χ3n) is 2.67. The maximum absolute atomic E-state index is 10.6. The number of rotatable bonds is 4. The normalized spacial score (nSPS) is 20.4. The first kappa shape index (κ1) is 17.9. The fourth-order valence-corrected chi connectivity index (χ4v) is 2.33. The number of para-hydroxylation sites is 1. The molecule has 6 nitrogen and oxygen atoms in total. The van der Waals surface area contributed by atoms with Gasteiger partial charge >= 0.3 is 29.6 Å². The monoisotopic (exact) mass is 309 g/mol. The van der Waals surface area contributed by atoms with E-state index in [9.17, 15) is 8.42 Å². The predicted molar refractivity (Wildman–Crippen MR) is 68.8 cm³/mol. The number of hydrogen-bond acceptors (Lipinski definition) is 5. The molecule has 0 amide bonds. The number of nitrogens with one attached hydrogen (secondary N) is 1. The molecule has 0 aliphatic carbocycles. The largest absolute Gasteiger partial charge is 1.00 e. The van der Waals surface area contributed by atoms with Gasteiger partial charge < -0.3 is 14.6 Å². The second-order valence-electron chi connectivity index (χ2n) is 4.71. The first-order chi connectivity index (χ1) is 8.77. The van der Waals surface area contributed by atoms with Gasteiger partial charge in [-0.3, -0.25) is 4.18 Å². The number of fused-ring (bicyclic) bond motifs is 1. The summed E-state index contributed by atoms with van der Waals surface area (Å²) in [5.74, 6) is -0.0590. The zero-order valence-electron chi connectivity index (χ0n) is 11.8. The van der Waals surface area contributed by atoms with Gasteiger partial charge in [-0.15, -0.1) is 0 Å². The van der Waals surface area contributed by atoms with E-state index in [0.717, 1.165) is 11.3 Å². The maximum Gasteiger partial charge on any atom is 1.00 e. The van der Waals surface area contributed by atoms with Crippen molar-refractivity contribution in [1.82, 2.24) is 0 Å². The molecule has 1 atom stereocenters. The van der Waals surface area contributed by atoms with Gasteiger partial charge in [-0.05, 0) is 6.07 Å². The quantitative estimate of drug-likeness (QED) is 0.705. The van der Waals surface area contributed by atoms with Crippen molar-refractivity contribution in [1.29, 1.82) is 0 Å². The second-order valence-corrected chi connectivity index (χ2v) is 5.85. The topological polar surface area (TPSA) is 85.6 Å².